The van der Waals surface area contributed by atoms with Crippen LogP contribution in [0.2, 0.25) is 0 Å². The van der Waals surface area contributed by atoms with Crippen molar-refractivity contribution in [2.24, 2.45) is 10.4 Å². The molecule has 0 atom stereocenters. The van der Waals surface area contributed by atoms with Crippen LogP contribution in [0.3, 0.4) is 0 Å². The number of amides is 1. The summed E-state index contributed by atoms with van der Waals surface area (Å²) in [5, 5.41) is 10.9. The molecule has 0 aromatic carbocycles. The normalized spacial score (nSPS) is 16.0. The molecule has 0 radical (unpaired) electrons. The zero-order valence-corrected chi connectivity index (χ0v) is 16.9. The smallest absolute Gasteiger partial charge is 0.230 e. The molecule has 28 heavy (non-hydrogen) atoms. The summed E-state index contributed by atoms with van der Waals surface area (Å²) in [5.41, 5.74) is 0.744. The van der Waals surface area contributed by atoms with Crippen molar-refractivity contribution in [2.75, 3.05) is 27.7 Å². The minimum Gasteiger partial charge on any atom is -0.355 e. The number of hydrogen-bond donors (Lipinski definition) is 2. The summed E-state index contributed by atoms with van der Waals surface area (Å²) >= 11 is 0. The molecule has 150 valence electrons. The van der Waals surface area contributed by atoms with Gasteiger partial charge in [-0.25, -0.2) is 9.67 Å². The van der Waals surface area contributed by atoms with Crippen LogP contribution >= 0.6 is 0 Å². The number of aromatic nitrogens is 3. The second-order valence-corrected chi connectivity index (χ2v) is 7.44. The quantitative estimate of drug-likeness (QED) is 0.584. The van der Waals surface area contributed by atoms with Crippen LogP contribution in [0.5, 0.6) is 0 Å². The molecule has 1 saturated carbocycles. The largest absolute Gasteiger partial charge is 0.355 e. The lowest BCUT2D eigenvalue weighted by atomic mass is 9.84. The van der Waals surface area contributed by atoms with Crippen LogP contribution in [-0.4, -0.2) is 59.2 Å². The van der Waals surface area contributed by atoms with E-state index >= 15 is 0 Å². The van der Waals surface area contributed by atoms with E-state index in [4.69, 9.17) is 0 Å². The average Bonchev–Trinajstić information content (AvgIpc) is 3.40. The maximum absolute atomic E-state index is 12.7. The number of aliphatic imine (C=N–C) groups is 1. The van der Waals surface area contributed by atoms with Crippen molar-refractivity contribution in [2.45, 2.75) is 32.2 Å². The van der Waals surface area contributed by atoms with E-state index in [-0.39, 0.29) is 11.3 Å². The van der Waals surface area contributed by atoms with Crippen LogP contribution in [0.4, 0.5) is 0 Å². The van der Waals surface area contributed by atoms with Crippen LogP contribution < -0.4 is 10.6 Å². The minimum absolute atomic E-state index is 0.200. The van der Waals surface area contributed by atoms with E-state index in [0.29, 0.717) is 19.0 Å². The molecule has 1 fully saturated rings. The number of rotatable bonds is 6. The first-order valence-corrected chi connectivity index (χ1v) is 9.65. The molecule has 0 saturated heterocycles. The maximum atomic E-state index is 12.7. The van der Waals surface area contributed by atoms with E-state index in [1.54, 1.807) is 29.0 Å². The molecule has 0 unspecified atom stereocenters. The summed E-state index contributed by atoms with van der Waals surface area (Å²) < 4.78 is 1.73. The van der Waals surface area contributed by atoms with E-state index in [9.17, 15) is 4.79 Å². The first-order chi connectivity index (χ1) is 13.5. The molecule has 0 aliphatic heterocycles. The first kappa shape index (κ1) is 19.9. The standard InChI is InChI=1S/C20H29N7O/c1-21-19(24-15-20(8-4-5-9-20)18(28)26(2)3)23-14-16-7-11-22-17(13-16)27-12-6-10-25-27/h6-7,10-13H,4-5,8-9,14-15H2,1-3H3,(H2,21,23,24). The molecule has 8 nitrogen and oxygen atoms in total. The lowest BCUT2D eigenvalue weighted by Gasteiger charge is -2.31. The molecule has 1 amide bonds. The Balaban J connectivity index is 1.59. The summed E-state index contributed by atoms with van der Waals surface area (Å²) in [6.45, 7) is 1.20. The van der Waals surface area contributed by atoms with Crippen molar-refractivity contribution in [3.05, 3.63) is 42.4 Å². The van der Waals surface area contributed by atoms with Gasteiger partial charge in [-0.2, -0.15) is 5.10 Å². The summed E-state index contributed by atoms with van der Waals surface area (Å²) in [6.07, 6.45) is 9.40. The molecule has 3 rings (SSSR count). The minimum atomic E-state index is -0.328. The van der Waals surface area contributed by atoms with Gasteiger partial charge in [-0.05, 0) is 36.6 Å². The fraction of sp³-hybridized carbons (Fsp3) is 0.500. The number of hydrogen-bond acceptors (Lipinski definition) is 4. The lowest BCUT2D eigenvalue weighted by molar-refractivity contribution is -0.138. The zero-order chi connectivity index (χ0) is 20.0. The Bertz CT molecular complexity index is 808. The van der Waals surface area contributed by atoms with Crippen molar-refractivity contribution in [1.29, 1.82) is 0 Å². The number of nitrogens with zero attached hydrogens (tertiary/aromatic N) is 5. The SMILES string of the molecule is CN=C(NCc1ccnc(-n2cccn2)c1)NCC1(C(=O)N(C)C)CCCC1. The van der Waals surface area contributed by atoms with Gasteiger partial charge in [-0.1, -0.05) is 12.8 Å². The highest BCUT2D eigenvalue weighted by atomic mass is 16.2. The Morgan fingerprint density at radius 2 is 2.07 bits per heavy atom. The maximum Gasteiger partial charge on any atom is 0.230 e. The predicted octanol–water partition coefficient (Wildman–Crippen LogP) is 1.58. The molecule has 0 bridgehead atoms. The summed E-state index contributed by atoms with van der Waals surface area (Å²) in [5.74, 6) is 1.66. The summed E-state index contributed by atoms with van der Waals surface area (Å²) in [6, 6.07) is 5.81. The van der Waals surface area contributed by atoms with Crippen molar-refractivity contribution in [3.8, 4) is 5.82 Å². The summed E-state index contributed by atoms with van der Waals surface area (Å²) in [4.78, 5) is 23.1. The van der Waals surface area contributed by atoms with Crippen LogP contribution in [0.1, 0.15) is 31.2 Å². The van der Waals surface area contributed by atoms with Crippen molar-refractivity contribution >= 4 is 11.9 Å². The second kappa shape index (κ2) is 8.86. The van der Waals surface area contributed by atoms with Crippen LogP contribution in [0, 0.1) is 5.41 Å². The highest BCUT2D eigenvalue weighted by Crippen LogP contribution is 2.38. The molecular weight excluding hydrogens is 354 g/mol. The van der Waals surface area contributed by atoms with Crippen LogP contribution in [0.25, 0.3) is 5.82 Å². The lowest BCUT2D eigenvalue weighted by Crippen LogP contribution is -2.49. The van der Waals surface area contributed by atoms with E-state index in [2.05, 4.69) is 25.7 Å². The van der Waals surface area contributed by atoms with Crippen molar-refractivity contribution in [1.82, 2.24) is 30.3 Å². The number of nitrogens with one attached hydrogen (secondary N) is 2. The Labute approximate surface area is 166 Å². The Hall–Kier alpha value is -2.90. The van der Waals surface area contributed by atoms with Crippen LogP contribution in [-0.2, 0) is 11.3 Å². The molecule has 2 aromatic heterocycles. The molecule has 8 heteroatoms. The predicted molar refractivity (Wildman–Crippen MR) is 109 cm³/mol. The van der Waals surface area contributed by atoms with E-state index in [0.717, 1.165) is 37.1 Å². The second-order valence-electron chi connectivity index (χ2n) is 7.44. The topological polar surface area (TPSA) is 87.4 Å². The molecular formula is C20H29N7O. The van der Waals surface area contributed by atoms with Gasteiger partial charge in [0.2, 0.25) is 5.91 Å². The average molecular weight is 384 g/mol. The summed E-state index contributed by atoms with van der Waals surface area (Å²) in [7, 11) is 5.40. The number of carbonyl (C=O) groups is 1. The number of guanidine groups is 1. The molecule has 1 aliphatic carbocycles. The molecule has 1 aliphatic rings. The van der Waals surface area contributed by atoms with Gasteiger partial charge in [0.1, 0.15) is 0 Å². The fourth-order valence-corrected chi connectivity index (χ4v) is 3.75. The zero-order valence-electron chi connectivity index (χ0n) is 16.9. The van der Waals surface area contributed by atoms with E-state index in [1.165, 1.54) is 0 Å². The van der Waals surface area contributed by atoms with Gasteiger partial charge in [-0.15, -0.1) is 0 Å². The Morgan fingerprint density at radius 1 is 1.29 bits per heavy atom. The third kappa shape index (κ3) is 4.49. The van der Waals surface area contributed by atoms with E-state index in [1.807, 2.05) is 38.5 Å². The monoisotopic (exact) mass is 383 g/mol. The Morgan fingerprint density at radius 3 is 2.71 bits per heavy atom. The highest BCUT2D eigenvalue weighted by molar-refractivity contribution is 5.85. The Kier molecular flexibility index (Phi) is 6.28. The number of carbonyl (C=O) groups excluding carboxylic acids is 1. The van der Waals surface area contributed by atoms with Gasteiger partial charge >= 0.3 is 0 Å². The highest BCUT2D eigenvalue weighted by Gasteiger charge is 2.42. The van der Waals surface area contributed by atoms with Crippen molar-refractivity contribution < 1.29 is 4.79 Å². The molecule has 2 aromatic rings. The van der Waals surface area contributed by atoms with Gasteiger partial charge in [0.05, 0.1) is 5.41 Å². The number of pyridine rings is 1. The van der Waals surface area contributed by atoms with Gasteiger partial charge in [-0.3, -0.25) is 9.79 Å². The van der Waals surface area contributed by atoms with Gasteiger partial charge < -0.3 is 15.5 Å². The molecule has 2 N–H and O–H groups in total. The molecule has 2 heterocycles. The first-order valence-electron chi connectivity index (χ1n) is 9.65. The van der Waals surface area contributed by atoms with Gasteiger partial charge in [0.25, 0.3) is 0 Å². The third-order valence-corrected chi connectivity index (χ3v) is 5.25. The van der Waals surface area contributed by atoms with E-state index < -0.39 is 0 Å². The van der Waals surface area contributed by atoms with Crippen molar-refractivity contribution in [3.63, 3.8) is 0 Å². The third-order valence-electron chi connectivity index (χ3n) is 5.25. The van der Waals surface area contributed by atoms with Gasteiger partial charge in [0.15, 0.2) is 11.8 Å². The fourth-order valence-electron chi connectivity index (χ4n) is 3.75. The molecule has 0 spiro atoms. The van der Waals surface area contributed by atoms with Gasteiger partial charge in [0, 0.05) is 52.8 Å². The van der Waals surface area contributed by atoms with Crippen LogP contribution in [0.15, 0.2) is 41.8 Å².